The van der Waals surface area contributed by atoms with Gasteiger partial charge in [0.1, 0.15) is 5.69 Å². The molecule has 2 aromatic rings. The van der Waals surface area contributed by atoms with Crippen LogP contribution < -0.4 is 0 Å². The molecule has 0 aliphatic carbocycles. The van der Waals surface area contributed by atoms with E-state index in [4.69, 9.17) is 0 Å². The first-order valence-electron chi connectivity index (χ1n) is 9.71. The normalized spacial score (nSPS) is 25.0. The molecule has 1 aromatic carbocycles. The lowest BCUT2D eigenvalue weighted by atomic mass is 9.89. The quantitative estimate of drug-likeness (QED) is 0.824. The van der Waals surface area contributed by atoms with Gasteiger partial charge in [-0.05, 0) is 37.0 Å². The van der Waals surface area contributed by atoms with Gasteiger partial charge >= 0.3 is 0 Å². The van der Waals surface area contributed by atoms with Crippen LogP contribution in [0.5, 0.6) is 0 Å². The molecule has 0 spiro atoms. The topological polar surface area (TPSA) is 53.5 Å². The second-order valence-electron chi connectivity index (χ2n) is 7.46. The summed E-state index contributed by atoms with van der Waals surface area (Å²) in [6.45, 7) is 3.04. The van der Waals surface area contributed by atoms with Gasteiger partial charge in [-0.15, -0.1) is 0 Å². The predicted octanol–water partition coefficient (Wildman–Crippen LogP) is 3.09. The van der Waals surface area contributed by atoms with E-state index in [9.17, 15) is 9.59 Å². The molecule has 2 saturated heterocycles. The highest BCUT2D eigenvalue weighted by Gasteiger charge is 2.48. The van der Waals surface area contributed by atoms with Crippen molar-refractivity contribution < 1.29 is 9.59 Å². The summed E-state index contributed by atoms with van der Waals surface area (Å²) in [6.07, 6.45) is 4.60. The number of likely N-dealkylation sites (tertiary alicyclic amines) is 2. The molecule has 0 N–H and O–H groups in total. The van der Waals surface area contributed by atoms with Crippen molar-refractivity contribution >= 4 is 11.8 Å². The minimum Gasteiger partial charge on any atom is -0.337 e. The second kappa shape index (κ2) is 7.51. The zero-order valence-corrected chi connectivity index (χ0v) is 15.6. The third-order valence-corrected chi connectivity index (χ3v) is 5.89. The van der Waals surface area contributed by atoms with E-state index in [-0.39, 0.29) is 29.8 Å². The molecule has 3 atom stereocenters. The predicted molar refractivity (Wildman–Crippen MR) is 103 cm³/mol. The minimum atomic E-state index is -0.0329. The third kappa shape index (κ3) is 3.34. The molecule has 5 nitrogen and oxygen atoms in total. The van der Waals surface area contributed by atoms with E-state index in [0.717, 1.165) is 25.8 Å². The number of carbonyl (C=O) groups excluding carboxylic acids is 2. The molecule has 3 heterocycles. The molecule has 0 bridgehead atoms. The SMILES string of the molecule is CC(=O)N1CCCC[C@H]2[C@@H]1[C@H](c1ccccc1)CN2C(=O)c1ccccn1. The van der Waals surface area contributed by atoms with Gasteiger partial charge in [-0.1, -0.05) is 36.4 Å². The average Bonchev–Trinajstić information content (AvgIpc) is 2.93. The molecule has 0 unspecified atom stereocenters. The van der Waals surface area contributed by atoms with Crippen LogP contribution in [0.4, 0.5) is 0 Å². The lowest BCUT2D eigenvalue weighted by Crippen LogP contribution is -2.48. The minimum absolute atomic E-state index is 0.0278. The highest BCUT2D eigenvalue weighted by atomic mass is 16.2. The van der Waals surface area contributed by atoms with Gasteiger partial charge in [0.05, 0.1) is 12.1 Å². The van der Waals surface area contributed by atoms with E-state index >= 15 is 0 Å². The van der Waals surface area contributed by atoms with Gasteiger partial charge in [-0.2, -0.15) is 0 Å². The lowest BCUT2D eigenvalue weighted by Gasteiger charge is -2.34. The van der Waals surface area contributed by atoms with Gasteiger partial charge in [0, 0.05) is 32.1 Å². The Hall–Kier alpha value is -2.69. The molecule has 0 saturated carbocycles. The van der Waals surface area contributed by atoms with Crippen LogP contribution >= 0.6 is 0 Å². The summed E-state index contributed by atoms with van der Waals surface area (Å²) in [7, 11) is 0. The second-order valence-corrected chi connectivity index (χ2v) is 7.46. The molecule has 5 heteroatoms. The maximum absolute atomic E-state index is 13.2. The molecule has 140 valence electrons. The van der Waals surface area contributed by atoms with Gasteiger partial charge in [-0.25, -0.2) is 0 Å². The van der Waals surface area contributed by atoms with Crippen LogP contribution in [-0.4, -0.2) is 51.8 Å². The van der Waals surface area contributed by atoms with E-state index < -0.39 is 0 Å². The Bertz CT molecular complexity index is 809. The number of benzene rings is 1. The number of hydrogen-bond donors (Lipinski definition) is 0. The summed E-state index contributed by atoms with van der Waals surface area (Å²) in [5.74, 6) is 0.195. The van der Waals surface area contributed by atoms with Crippen LogP contribution in [0.25, 0.3) is 0 Å². The molecule has 2 aliphatic heterocycles. The fourth-order valence-electron chi connectivity index (χ4n) is 4.68. The highest BCUT2D eigenvalue weighted by molar-refractivity contribution is 5.93. The molecule has 2 aliphatic rings. The Kier molecular flexibility index (Phi) is 4.92. The Morgan fingerprint density at radius 1 is 1.00 bits per heavy atom. The fourth-order valence-corrected chi connectivity index (χ4v) is 4.68. The van der Waals surface area contributed by atoms with Crippen LogP contribution in [0.15, 0.2) is 54.7 Å². The van der Waals surface area contributed by atoms with Crippen LogP contribution in [0.2, 0.25) is 0 Å². The van der Waals surface area contributed by atoms with Crippen LogP contribution in [0, 0.1) is 0 Å². The van der Waals surface area contributed by atoms with E-state index in [1.165, 1.54) is 5.56 Å². The van der Waals surface area contributed by atoms with Crippen molar-refractivity contribution in [3.05, 3.63) is 66.0 Å². The number of carbonyl (C=O) groups is 2. The van der Waals surface area contributed by atoms with E-state index in [2.05, 4.69) is 17.1 Å². The Morgan fingerprint density at radius 3 is 2.48 bits per heavy atom. The van der Waals surface area contributed by atoms with Crippen LogP contribution in [-0.2, 0) is 4.79 Å². The number of aromatic nitrogens is 1. The van der Waals surface area contributed by atoms with E-state index in [1.807, 2.05) is 40.1 Å². The Morgan fingerprint density at radius 2 is 1.78 bits per heavy atom. The number of pyridine rings is 1. The van der Waals surface area contributed by atoms with Gasteiger partial charge in [-0.3, -0.25) is 14.6 Å². The fraction of sp³-hybridized carbons (Fsp3) is 0.409. The van der Waals surface area contributed by atoms with Gasteiger partial charge in [0.25, 0.3) is 5.91 Å². The standard InChI is InChI=1S/C22H25N3O2/c1-16(26)24-14-8-6-12-20-21(24)18(17-9-3-2-4-10-17)15-25(20)22(27)19-11-5-7-13-23-19/h2-5,7,9-11,13,18,20-21H,6,8,12,14-15H2,1H3/t18-,20-,21-/m0/s1. The number of hydrogen-bond acceptors (Lipinski definition) is 3. The molecule has 0 radical (unpaired) electrons. The number of amides is 2. The summed E-state index contributed by atoms with van der Waals surface area (Å²) in [5.41, 5.74) is 1.67. The van der Waals surface area contributed by atoms with Crippen molar-refractivity contribution in [2.45, 2.75) is 44.2 Å². The van der Waals surface area contributed by atoms with Crippen LogP contribution in [0.3, 0.4) is 0 Å². The largest absolute Gasteiger partial charge is 0.337 e. The number of fused-ring (bicyclic) bond motifs is 1. The number of nitrogens with zero attached hydrogens (tertiary/aromatic N) is 3. The summed E-state index contributed by atoms with van der Waals surface area (Å²) < 4.78 is 0. The molecule has 27 heavy (non-hydrogen) atoms. The van der Waals surface area contributed by atoms with Crippen molar-refractivity contribution in [3.63, 3.8) is 0 Å². The van der Waals surface area contributed by atoms with Gasteiger partial charge in [0.15, 0.2) is 0 Å². The summed E-state index contributed by atoms with van der Waals surface area (Å²) in [6, 6.07) is 15.8. The highest BCUT2D eigenvalue weighted by Crippen LogP contribution is 2.40. The maximum Gasteiger partial charge on any atom is 0.272 e. The lowest BCUT2D eigenvalue weighted by molar-refractivity contribution is -0.131. The van der Waals surface area contributed by atoms with Crippen molar-refractivity contribution in [2.24, 2.45) is 0 Å². The van der Waals surface area contributed by atoms with Crippen LogP contribution in [0.1, 0.15) is 48.2 Å². The summed E-state index contributed by atoms with van der Waals surface area (Å²) >= 11 is 0. The average molecular weight is 363 g/mol. The summed E-state index contributed by atoms with van der Waals surface area (Å²) in [5, 5.41) is 0. The van der Waals surface area contributed by atoms with E-state index in [1.54, 1.807) is 19.2 Å². The zero-order chi connectivity index (χ0) is 18.8. The first kappa shape index (κ1) is 17.7. The zero-order valence-electron chi connectivity index (χ0n) is 15.6. The molecule has 4 rings (SSSR count). The summed E-state index contributed by atoms with van der Waals surface area (Å²) in [4.78, 5) is 33.9. The smallest absolute Gasteiger partial charge is 0.272 e. The Labute approximate surface area is 160 Å². The van der Waals surface area contributed by atoms with Gasteiger partial charge < -0.3 is 9.80 Å². The third-order valence-electron chi connectivity index (χ3n) is 5.89. The molecular weight excluding hydrogens is 338 g/mol. The van der Waals surface area contributed by atoms with Gasteiger partial charge in [0.2, 0.25) is 5.91 Å². The molecule has 1 aromatic heterocycles. The van der Waals surface area contributed by atoms with Crippen molar-refractivity contribution in [1.82, 2.24) is 14.8 Å². The maximum atomic E-state index is 13.2. The van der Waals surface area contributed by atoms with Crippen molar-refractivity contribution in [2.75, 3.05) is 13.1 Å². The molecule has 2 amide bonds. The number of rotatable bonds is 2. The first-order valence-corrected chi connectivity index (χ1v) is 9.71. The molecule has 2 fully saturated rings. The van der Waals surface area contributed by atoms with Crippen molar-refractivity contribution in [1.29, 1.82) is 0 Å². The monoisotopic (exact) mass is 363 g/mol. The molecular formula is C22H25N3O2. The van der Waals surface area contributed by atoms with Crippen molar-refractivity contribution in [3.8, 4) is 0 Å². The van der Waals surface area contributed by atoms with E-state index in [0.29, 0.717) is 12.2 Å². The first-order chi connectivity index (χ1) is 13.2. The Balaban J connectivity index is 1.74.